The number of carbonyl (C=O) groups is 1. The van der Waals surface area contributed by atoms with Crippen molar-refractivity contribution in [3.8, 4) is 0 Å². The van der Waals surface area contributed by atoms with Crippen LogP contribution in [-0.2, 0) is 4.79 Å². The highest BCUT2D eigenvalue weighted by molar-refractivity contribution is 5.71. The Labute approximate surface area is 72.4 Å². The molecule has 0 aromatic carbocycles. The molecule has 1 fully saturated rings. The van der Waals surface area contributed by atoms with Crippen LogP contribution >= 0.6 is 0 Å². The van der Waals surface area contributed by atoms with Crippen molar-refractivity contribution in [1.29, 1.82) is 0 Å². The van der Waals surface area contributed by atoms with Crippen LogP contribution in [0, 0.1) is 17.8 Å². The van der Waals surface area contributed by atoms with Gasteiger partial charge in [0, 0.05) is 0 Å². The molecule has 0 amide bonds. The van der Waals surface area contributed by atoms with Gasteiger partial charge in [0.2, 0.25) is 0 Å². The quantitative estimate of drug-likeness (QED) is 0.623. The van der Waals surface area contributed by atoms with E-state index in [0.717, 1.165) is 6.42 Å². The molecule has 2 N–H and O–H groups in total. The predicted molar refractivity (Wildman–Crippen MR) is 44.7 cm³/mol. The third kappa shape index (κ3) is 1.61. The third-order valence-corrected chi connectivity index (χ3v) is 3.08. The third-order valence-electron chi connectivity index (χ3n) is 3.08. The van der Waals surface area contributed by atoms with Gasteiger partial charge in [0.15, 0.2) is 0 Å². The van der Waals surface area contributed by atoms with E-state index in [1.165, 1.54) is 0 Å². The van der Waals surface area contributed by atoms with Crippen LogP contribution < -0.4 is 0 Å². The topological polar surface area (TPSA) is 57.5 Å². The number of carboxylic acids is 1. The summed E-state index contributed by atoms with van der Waals surface area (Å²) in [5.74, 6) is -0.920. The van der Waals surface area contributed by atoms with E-state index in [9.17, 15) is 9.90 Å². The van der Waals surface area contributed by atoms with E-state index in [1.54, 1.807) is 0 Å². The molecule has 1 saturated carbocycles. The standard InChI is InChI=1S/C9H16O3/c1-5-3-4-7(10)8(6(5)2)9(11)12/h5-8,10H,3-4H2,1-2H3,(H,11,12)/t5-,6?,7?,8?/m0/s1. The van der Waals surface area contributed by atoms with Crippen LogP contribution in [0.25, 0.3) is 0 Å². The Bertz CT molecular complexity index is 179. The lowest BCUT2D eigenvalue weighted by molar-refractivity contribution is -0.151. The first-order valence-electron chi connectivity index (χ1n) is 4.45. The van der Waals surface area contributed by atoms with Gasteiger partial charge in [-0.05, 0) is 24.7 Å². The second-order valence-electron chi connectivity index (χ2n) is 3.85. The number of rotatable bonds is 1. The average molecular weight is 172 g/mol. The Morgan fingerprint density at radius 2 is 1.92 bits per heavy atom. The lowest BCUT2D eigenvalue weighted by atomic mass is 9.72. The van der Waals surface area contributed by atoms with Crippen LogP contribution in [0.4, 0.5) is 0 Å². The molecule has 3 heteroatoms. The molecule has 0 aliphatic heterocycles. The molecule has 0 spiro atoms. The fourth-order valence-electron chi connectivity index (χ4n) is 1.97. The van der Waals surface area contributed by atoms with Crippen molar-refractivity contribution in [3.05, 3.63) is 0 Å². The summed E-state index contributed by atoms with van der Waals surface area (Å²) in [4.78, 5) is 10.8. The average Bonchev–Trinajstić information content (AvgIpc) is 1.97. The highest BCUT2D eigenvalue weighted by Gasteiger charge is 2.38. The minimum atomic E-state index is -0.860. The van der Waals surface area contributed by atoms with Crippen molar-refractivity contribution in [2.24, 2.45) is 17.8 Å². The molecule has 4 atom stereocenters. The lowest BCUT2D eigenvalue weighted by Gasteiger charge is -2.35. The fraction of sp³-hybridized carbons (Fsp3) is 0.889. The Hall–Kier alpha value is -0.570. The normalized spacial score (nSPS) is 42.6. The van der Waals surface area contributed by atoms with Crippen LogP contribution in [0.1, 0.15) is 26.7 Å². The molecular formula is C9H16O3. The predicted octanol–water partition coefficient (Wildman–Crippen LogP) is 1.11. The van der Waals surface area contributed by atoms with Gasteiger partial charge >= 0.3 is 5.97 Å². The maximum atomic E-state index is 10.8. The summed E-state index contributed by atoms with van der Waals surface area (Å²) in [6.45, 7) is 3.96. The van der Waals surface area contributed by atoms with Crippen LogP contribution in [0.5, 0.6) is 0 Å². The van der Waals surface area contributed by atoms with Crippen LogP contribution in [0.15, 0.2) is 0 Å². The first-order chi connectivity index (χ1) is 5.54. The number of aliphatic hydroxyl groups is 1. The van der Waals surface area contributed by atoms with E-state index in [-0.39, 0.29) is 5.92 Å². The van der Waals surface area contributed by atoms with Gasteiger partial charge in [0.05, 0.1) is 12.0 Å². The maximum absolute atomic E-state index is 10.8. The van der Waals surface area contributed by atoms with Crippen molar-refractivity contribution in [1.82, 2.24) is 0 Å². The molecule has 3 nitrogen and oxygen atoms in total. The summed E-state index contributed by atoms with van der Waals surface area (Å²) < 4.78 is 0. The second kappa shape index (κ2) is 3.44. The smallest absolute Gasteiger partial charge is 0.309 e. The molecule has 3 unspecified atom stereocenters. The molecule has 1 aliphatic rings. The molecule has 12 heavy (non-hydrogen) atoms. The van der Waals surface area contributed by atoms with Crippen molar-refractivity contribution in [3.63, 3.8) is 0 Å². The lowest BCUT2D eigenvalue weighted by Crippen LogP contribution is -2.40. The fourth-order valence-corrected chi connectivity index (χ4v) is 1.97. The van der Waals surface area contributed by atoms with E-state index in [4.69, 9.17) is 5.11 Å². The number of carboxylic acid groups (broad SMARTS) is 1. The van der Waals surface area contributed by atoms with E-state index in [1.807, 2.05) is 13.8 Å². The molecule has 1 aliphatic carbocycles. The molecule has 0 aromatic rings. The SMILES string of the molecule is CC1C(C(=O)O)C(O)CC[C@@H]1C. The molecule has 1 rings (SSSR count). The zero-order valence-electron chi connectivity index (χ0n) is 7.53. The highest BCUT2D eigenvalue weighted by Crippen LogP contribution is 2.34. The molecule has 0 heterocycles. The van der Waals surface area contributed by atoms with Gasteiger partial charge in [-0.3, -0.25) is 4.79 Å². The van der Waals surface area contributed by atoms with Gasteiger partial charge in [0.25, 0.3) is 0 Å². The second-order valence-corrected chi connectivity index (χ2v) is 3.85. The monoisotopic (exact) mass is 172 g/mol. The van der Waals surface area contributed by atoms with E-state index in [0.29, 0.717) is 12.3 Å². The summed E-state index contributed by atoms with van der Waals surface area (Å²) in [7, 11) is 0. The zero-order valence-corrected chi connectivity index (χ0v) is 7.53. The van der Waals surface area contributed by atoms with E-state index in [2.05, 4.69) is 0 Å². The van der Waals surface area contributed by atoms with Gasteiger partial charge in [-0.2, -0.15) is 0 Å². The number of hydrogen-bond donors (Lipinski definition) is 2. The number of hydrogen-bond acceptors (Lipinski definition) is 2. The van der Waals surface area contributed by atoms with Crippen molar-refractivity contribution >= 4 is 5.97 Å². The summed E-state index contributed by atoms with van der Waals surface area (Å²) in [6.07, 6.45) is 0.919. The van der Waals surface area contributed by atoms with Crippen LogP contribution in [0.3, 0.4) is 0 Å². The van der Waals surface area contributed by atoms with Gasteiger partial charge in [0.1, 0.15) is 0 Å². The van der Waals surface area contributed by atoms with Gasteiger partial charge in [-0.25, -0.2) is 0 Å². The van der Waals surface area contributed by atoms with Gasteiger partial charge in [-0.1, -0.05) is 13.8 Å². The van der Waals surface area contributed by atoms with Crippen molar-refractivity contribution in [2.75, 3.05) is 0 Å². The molecule has 0 radical (unpaired) electrons. The molecule has 70 valence electrons. The summed E-state index contributed by atoms with van der Waals surface area (Å²) in [5.41, 5.74) is 0. The number of aliphatic hydroxyl groups excluding tert-OH is 1. The Balaban J connectivity index is 2.71. The Morgan fingerprint density at radius 1 is 1.33 bits per heavy atom. The zero-order chi connectivity index (χ0) is 9.30. The molecule has 0 saturated heterocycles. The first-order valence-corrected chi connectivity index (χ1v) is 4.45. The van der Waals surface area contributed by atoms with Crippen LogP contribution in [-0.4, -0.2) is 22.3 Å². The van der Waals surface area contributed by atoms with Gasteiger partial charge < -0.3 is 10.2 Å². The van der Waals surface area contributed by atoms with Crippen molar-refractivity contribution < 1.29 is 15.0 Å². The minimum Gasteiger partial charge on any atom is -0.481 e. The van der Waals surface area contributed by atoms with Crippen LogP contribution in [0.2, 0.25) is 0 Å². The van der Waals surface area contributed by atoms with E-state index >= 15 is 0 Å². The summed E-state index contributed by atoms with van der Waals surface area (Å²) in [5, 5.41) is 18.3. The largest absolute Gasteiger partial charge is 0.481 e. The van der Waals surface area contributed by atoms with E-state index < -0.39 is 18.0 Å². The minimum absolute atomic E-state index is 0.0891. The molecule has 0 aromatic heterocycles. The summed E-state index contributed by atoms with van der Waals surface area (Å²) in [6, 6.07) is 0. The summed E-state index contributed by atoms with van der Waals surface area (Å²) >= 11 is 0. The Kier molecular flexibility index (Phi) is 2.73. The molecular weight excluding hydrogens is 156 g/mol. The van der Waals surface area contributed by atoms with Gasteiger partial charge in [-0.15, -0.1) is 0 Å². The Morgan fingerprint density at radius 3 is 2.33 bits per heavy atom. The first kappa shape index (κ1) is 9.52. The maximum Gasteiger partial charge on any atom is 0.309 e. The van der Waals surface area contributed by atoms with Crippen molar-refractivity contribution in [2.45, 2.75) is 32.8 Å². The molecule has 0 bridgehead atoms. The number of aliphatic carboxylic acids is 1. The highest BCUT2D eigenvalue weighted by atomic mass is 16.4.